The van der Waals surface area contributed by atoms with Gasteiger partial charge in [0.1, 0.15) is 11.6 Å². The van der Waals surface area contributed by atoms with E-state index < -0.39 is 6.10 Å². The maximum absolute atomic E-state index is 13.1. The monoisotopic (exact) mass is 265 g/mol. The van der Waals surface area contributed by atoms with E-state index in [-0.39, 0.29) is 17.8 Å². The van der Waals surface area contributed by atoms with Crippen LogP contribution in [0.25, 0.3) is 0 Å². The Morgan fingerprint density at radius 1 is 1.37 bits per heavy atom. The van der Waals surface area contributed by atoms with Crippen molar-refractivity contribution in [1.29, 1.82) is 0 Å². The summed E-state index contributed by atoms with van der Waals surface area (Å²) in [6, 6.07) is 4.32. The molecular weight excluding hydrogens is 249 g/mol. The average Bonchev–Trinajstić information content (AvgIpc) is 2.81. The van der Waals surface area contributed by atoms with Gasteiger partial charge in [0.25, 0.3) is 5.91 Å². The molecule has 2 aliphatic rings. The number of carbonyl (C=O) groups is 1. The lowest BCUT2D eigenvalue weighted by Crippen LogP contribution is -2.46. The summed E-state index contributed by atoms with van der Waals surface area (Å²) in [4.78, 5) is 14.0. The number of hydrogen-bond donors (Lipinski definition) is 1. The molecule has 1 aromatic carbocycles. The number of benzene rings is 1. The van der Waals surface area contributed by atoms with Crippen molar-refractivity contribution < 1.29 is 19.0 Å². The molecule has 5 heteroatoms. The molecule has 0 radical (unpaired) electrons. The van der Waals surface area contributed by atoms with Crippen molar-refractivity contribution in [2.75, 3.05) is 13.1 Å². The van der Waals surface area contributed by atoms with Crippen LogP contribution in [0.5, 0.6) is 5.75 Å². The van der Waals surface area contributed by atoms with Gasteiger partial charge in [-0.3, -0.25) is 4.79 Å². The van der Waals surface area contributed by atoms with Gasteiger partial charge in [0.2, 0.25) is 0 Å². The zero-order valence-corrected chi connectivity index (χ0v) is 10.5. The molecule has 19 heavy (non-hydrogen) atoms. The van der Waals surface area contributed by atoms with Gasteiger partial charge in [0.05, 0.1) is 6.10 Å². The van der Waals surface area contributed by atoms with Crippen molar-refractivity contribution in [3.8, 4) is 5.75 Å². The van der Waals surface area contributed by atoms with Crippen molar-refractivity contribution in [1.82, 2.24) is 4.90 Å². The van der Waals surface area contributed by atoms with Gasteiger partial charge in [0, 0.05) is 25.1 Å². The first-order valence-electron chi connectivity index (χ1n) is 6.55. The van der Waals surface area contributed by atoms with Crippen LogP contribution in [0, 0.1) is 5.82 Å². The first kappa shape index (κ1) is 12.4. The number of fused-ring (bicyclic) bond motifs is 1. The van der Waals surface area contributed by atoms with Crippen LogP contribution in [0.1, 0.15) is 18.4 Å². The molecule has 0 spiro atoms. The van der Waals surface area contributed by atoms with E-state index in [1.165, 1.54) is 12.1 Å². The quantitative estimate of drug-likeness (QED) is 0.827. The molecule has 0 aliphatic carbocycles. The molecule has 1 fully saturated rings. The van der Waals surface area contributed by atoms with E-state index in [9.17, 15) is 14.3 Å². The van der Waals surface area contributed by atoms with E-state index in [0.29, 0.717) is 38.1 Å². The molecular formula is C14H16FNO3. The van der Waals surface area contributed by atoms with Crippen molar-refractivity contribution in [2.24, 2.45) is 0 Å². The molecule has 3 rings (SSSR count). The largest absolute Gasteiger partial charge is 0.480 e. The SMILES string of the molecule is O=C(C1Cc2cc(F)ccc2O1)N1CCC(O)CC1. The second-order valence-corrected chi connectivity index (χ2v) is 5.12. The number of piperidine rings is 1. The van der Waals surface area contributed by atoms with Crippen LogP contribution < -0.4 is 4.74 Å². The fourth-order valence-corrected chi connectivity index (χ4v) is 2.64. The van der Waals surface area contributed by atoms with Crippen LogP contribution in [0.4, 0.5) is 4.39 Å². The molecule has 0 saturated carbocycles. The minimum absolute atomic E-state index is 0.0662. The zero-order valence-electron chi connectivity index (χ0n) is 10.5. The molecule has 0 bridgehead atoms. The van der Waals surface area contributed by atoms with Gasteiger partial charge in [-0.15, -0.1) is 0 Å². The average molecular weight is 265 g/mol. The van der Waals surface area contributed by atoms with Crippen molar-refractivity contribution in [3.63, 3.8) is 0 Å². The molecule has 1 atom stereocenters. The van der Waals surface area contributed by atoms with Gasteiger partial charge in [-0.2, -0.15) is 0 Å². The van der Waals surface area contributed by atoms with E-state index in [4.69, 9.17) is 4.74 Å². The molecule has 2 aliphatic heterocycles. The highest BCUT2D eigenvalue weighted by atomic mass is 19.1. The van der Waals surface area contributed by atoms with Gasteiger partial charge in [-0.25, -0.2) is 4.39 Å². The summed E-state index contributed by atoms with van der Waals surface area (Å²) in [6.07, 6.45) is 0.789. The maximum Gasteiger partial charge on any atom is 0.263 e. The Morgan fingerprint density at radius 2 is 2.11 bits per heavy atom. The zero-order chi connectivity index (χ0) is 13.4. The Kier molecular flexibility index (Phi) is 3.14. The van der Waals surface area contributed by atoms with Crippen LogP contribution in [0.15, 0.2) is 18.2 Å². The molecule has 1 N–H and O–H groups in total. The van der Waals surface area contributed by atoms with E-state index in [1.807, 2.05) is 0 Å². The van der Waals surface area contributed by atoms with E-state index in [1.54, 1.807) is 11.0 Å². The number of hydrogen-bond acceptors (Lipinski definition) is 3. The van der Waals surface area contributed by atoms with E-state index >= 15 is 0 Å². The van der Waals surface area contributed by atoms with Crippen molar-refractivity contribution in [3.05, 3.63) is 29.6 Å². The van der Waals surface area contributed by atoms with Crippen LogP contribution in [0.2, 0.25) is 0 Å². The van der Waals surface area contributed by atoms with Gasteiger partial charge in [-0.1, -0.05) is 0 Å². The third-order valence-electron chi connectivity index (χ3n) is 3.75. The summed E-state index contributed by atoms with van der Waals surface area (Å²) in [5.41, 5.74) is 0.746. The lowest BCUT2D eigenvalue weighted by molar-refractivity contribution is -0.139. The van der Waals surface area contributed by atoms with Crippen molar-refractivity contribution >= 4 is 5.91 Å². The number of aliphatic hydroxyl groups is 1. The number of carbonyl (C=O) groups excluding carboxylic acids is 1. The molecule has 1 amide bonds. The second kappa shape index (κ2) is 4.81. The first-order chi connectivity index (χ1) is 9.13. The Hall–Kier alpha value is -1.62. The van der Waals surface area contributed by atoms with Crippen LogP contribution in [-0.2, 0) is 11.2 Å². The molecule has 1 aromatic rings. The lowest BCUT2D eigenvalue weighted by atomic mass is 10.1. The Balaban J connectivity index is 1.67. The predicted molar refractivity (Wildman–Crippen MR) is 66.3 cm³/mol. The summed E-state index contributed by atoms with van der Waals surface area (Å²) >= 11 is 0. The number of aliphatic hydroxyl groups excluding tert-OH is 1. The number of nitrogens with zero attached hydrogens (tertiary/aromatic N) is 1. The molecule has 1 unspecified atom stereocenters. The predicted octanol–water partition coefficient (Wildman–Crippen LogP) is 1.11. The van der Waals surface area contributed by atoms with Crippen molar-refractivity contribution in [2.45, 2.75) is 31.5 Å². The highest BCUT2D eigenvalue weighted by Gasteiger charge is 2.33. The van der Waals surface area contributed by atoms with Gasteiger partial charge < -0.3 is 14.7 Å². The normalized spacial score (nSPS) is 23.1. The Morgan fingerprint density at radius 3 is 2.84 bits per heavy atom. The molecule has 4 nitrogen and oxygen atoms in total. The summed E-state index contributed by atoms with van der Waals surface area (Å²) in [5.74, 6) is 0.219. The second-order valence-electron chi connectivity index (χ2n) is 5.12. The molecule has 0 aromatic heterocycles. The highest BCUT2D eigenvalue weighted by Crippen LogP contribution is 2.30. The highest BCUT2D eigenvalue weighted by molar-refractivity contribution is 5.82. The van der Waals surface area contributed by atoms with E-state index in [2.05, 4.69) is 0 Å². The standard InChI is InChI=1S/C14H16FNO3/c15-10-1-2-12-9(7-10)8-13(19-12)14(18)16-5-3-11(17)4-6-16/h1-2,7,11,13,17H,3-6,8H2. The summed E-state index contributed by atoms with van der Waals surface area (Å²) in [6.45, 7) is 1.12. The summed E-state index contributed by atoms with van der Waals surface area (Å²) < 4.78 is 18.7. The van der Waals surface area contributed by atoms with Crippen LogP contribution in [0.3, 0.4) is 0 Å². The molecule has 1 saturated heterocycles. The minimum Gasteiger partial charge on any atom is -0.480 e. The molecule has 102 valence electrons. The third-order valence-corrected chi connectivity index (χ3v) is 3.75. The van der Waals surface area contributed by atoms with E-state index in [0.717, 1.165) is 5.56 Å². The Labute approximate surface area is 110 Å². The number of rotatable bonds is 1. The summed E-state index contributed by atoms with van der Waals surface area (Å²) in [5, 5.41) is 9.44. The fraction of sp³-hybridized carbons (Fsp3) is 0.500. The van der Waals surface area contributed by atoms with Gasteiger partial charge >= 0.3 is 0 Å². The number of ether oxygens (including phenoxy) is 1. The fourth-order valence-electron chi connectivity index (χ4n) is 2.64. The van der Waals surface area contributed by atoms with Crippen LogP contribution >= 0.6 is 0 Å². The topological polar surface area (TPSA) is 49.8 Å². The van der Waals surface area contributed by atoms with Crippen LogP contribution in [-0.4, -0.2) is 41.2 Å². The number of halogens is 1. The summed E-state index contributed by atoms with van der Waals surface area (Å²) in [7, 11) is 0. The first-order valence-corrected chi connectivity index (χ1v) is 6.55. The lowest BCUT2D eigenvalue weighted by Gasteiger charge is -2.31. The van der Waals surface area contributed by atoms with Gasteiger partial charge in [-0.05, 0) is 31.0 Å². The maximum atomic E-state index is 13.1. The number of likely N-dealkylation sites (tertiary alicyclic amines) is 1. The smallest absolute Gasteiger partial charge is 0.263 e. The Bertz CT molecular complexity index is 497. The third kappa shape index (κ3) is 2.42. The molecule has 2 heterocycles. The van der Waals surface area contributed by atoms with Gasteiger partial charge in [0.15, 0.2) is 6.10 Å². The minimum atomic E-state index is -0.549. The number of amides is 1.